The predicted molar refractivity (Wildman–Crippen MR) is 118 cm³/mol. The summed E-state index contributed by atoms with van der Waals surface area (Å²) < 4.78 is 11.7. The molecular weight excluding hydrogens is 392 g/mol. The molecule has 176 valence electrons. The predicted octanol–water partition coefficient (Wildman–Crippen LogP) is 4.75. The highest BCUT2D eigenvalue weighted by molar-refractivity contribution is 5.66. The fourth-order valence-electron chi connectivity index (χ4n) is 9.14. The van der Waals surface area contributed by atoms with Crippen molar-refractivity contribution in [1.82, 2.24) is 0 Å². The van der Waals surface area contributed by atoms with E-state index in [2.05, 4.69) is 27.7 Å². The average molecular weight is 435 g/mol. The van der Waals surface area contributed by atoms with Gasteiger partial charge in [-0.1, -0.05) is 34.1 Å². The first-order chi connectivity index (χ1) is 14.5. The van der Waals surface area contributed by atoms with Crippen LogP contribution in [0.5, 0.6) is 0 Å². The lowest BCUT2D eigenvalue weighted by Crippen LogP contribution is -2.64. The Hall–Kier alpha value is -1.10. The second kappa shape index (κ2) is 8.04. The molecule has 0 aromatic heterocycles. The minimum atomic E-state index is -0.649. The molecule has 0 bridgehead atoms. The first kappa shape index (κ1) is 23.1. The van der Waals surface area contributed by atoms with Crippen LogP contribution in [-0.2, 0) is 19.1 Å². The van der Waals surface area contributed by atoms with Crippen molar-refractivity contribution in [3.05, 3.63) is 0 Å². The largest absolute Gasteiger partial charge is 0.462 e. The Morgan fingerprint density at radius 3 is 2.23 bits per heavy atom. The van der Waals surface area contributed by atoms with Crippen LogP contribution in [0.4, 0.5) is 0 Å². The van der Waals surface area contributed by atoms with Gasteiger partial charge < -0.3 is 14.6 Å². The van der Waals surface area contributed by atoms with Crippen molar-refractivity contribution in [2.75, 3.05) is 0 Å². The zero-order valence-corrected chi connectivity index (χ0v) is 20.2. The lowest BCUT2D eigenvalue weighted by Gasteiger charge is -2.65. The van der Waals surface area contributed by atoms with Crippen LogP contribution in [-0.4, -0.2) is 35.4 Å². The number of carbonyl (C=O) groups is 2. The topological polar surface area (TPSA) is 72.8 Å². The number of carbonyl (C=O) groups excluding carboxylic acids is 2. The third-order valence-corrected chi connectivity index (χ3v) is 10.4. The van der Waals surface area contributed by atoms with Gasteiger partial charge in [-0.05, 0) is 78.9 Å². The highest BCUT2D eigenvalue weighted by Gasteiger charge is 2.66. The maximum atomic E-state index is 12.2. The quantitative estimate of drug-likeness (QED) is 0.649. The Kier molecular flexibility index (Phi) is 5.98. The van der Waals surface area contributed by atoms with Crippen LogP contribution in [0.25, 0.3) is 0 Å². The van der Waals surface area contributed by atoms with Gasteiger partial charge in [-0.25, -0.2) is 0 Å². The second-order valence-electron chi connectivity index (χ2n) is 11.7. The maximum absolute atomic E-state index is 12.2. The molecule has 5 heteroatoms. The minimum absolute atomic E-state index is 0.0221. The molecule has 4 aliphatic rings. The third-order valence-electron chi connectivity index (χ3n) is 10.4. The molecule has 0 saturated heterocycles. The van der Waals surface area contributed by atoms with Gasteiger partial charge in [0.1, 0.15) is 12.2 Å². The van der Waals surface area contributed by atoms with E-state index >= 15 is 0 Å². The molecule has 4 aliphatic carbocycles. The lowest BCUT2D eigenvalue weighted by atomic mass is 9.41. The Morgan fingerprint density at radius 2 is 1.61 bits per heavy atom. The summed E-state index contributed by atoms with van der Waals surface area (Å²) in [6, 6.07) is 0. The highest BCUT2D eigenvalue weighted by atomic mass is 16.6. The van der Waals surface area contributed by atoms with Crippen LogP contribution in [0.1, 0.15) is 86.5 Å². The fraction of sp³-hybridized carbons (Fsp3) is 0.923. The van der Waals surface area contributed by atoms with E-state index in [1.165, 1.54) is 39.5 Å². The molecule has 11 unspecified atom stereocenters. The Labute approximate surface area is 187 Å². The smallest absolute Gasteiger partial charge is 0.302 e. The number of ether oxygens (including phenoxy) is 2. The molecule has 1 N–H and O–H groups in total. The normalized spacial score (nSPS) is 51.3. The number of esters is 2. The van der Waals surface area contributed by atoms with Gasteiger partial charge in [0.15, 0.2) is 0 Å². The van der Waals surface area contributed by atoms with Crippen LogP contribution in [0.3, 0.4) is 0 Å². The summed E-state index contributed by atoms with van der Waals surface area (Å²) in [5, 5.41) is 10.8. The zero-order valence-electron chi connectivity index (χ0n) is 20.2. The fourth-order valence-corrected chi connectivity index (χ4v) is 9.14. The van der Waals surface area contributed by atoms with E-state index in [0.717, 1.165) is 12.3 Å². The van der Waals surface area contributed by atoms with Crippen LogP contribution in [0.2, 0.25) is 0 Å². The number of aliphatic hydroxyl groups excluding tert-OH is 1. The minimum Gasteiger partial charge on any atom is -0.462 e. The number of rotatable bonds is 3. The molecule has 0 aliphatic heterocycles. The van der Waals surface area contributed by atoms with Crippen LogP contribution in [0, 0.1) is 46.3 Å². The molecule has 4 fully saturated rings. The van der Waals surface area contributed by atoms with Gasteiger partial charge in [0, 0.05) is 19.8 Å². The first-order valence-corrected chi connectivity index (χ1v) is 12.6. The van der Waals surface area contributed by atoms with Crippen molar-refractivity contribution >= 4 is 11.9 Å². The maximum Gasteiger partial charge on any atom is 0.302 e. The third kappa shape index (κ3) is 3.54. The number of aliphatic hydroxyl groups is 1. The molecule has 0 amide bonds. The highest BCUT2D eigenvalue weighted by Crippen LogP contribution is 2.69. The van der Waals surface area contributed by atoms with Gasteiger partial charge in [0.05, 0.1) is 6.10 Å². The average Bonchev–Trinajstić information content (AvgIpc) is 3.02. The Balaban J connectivity index is 1.73. The number of hydrogen-bond donors (Lipinski definition) is 1. The van der Waals surface area contributed by atoms with Crippen LogP contribution < -0.4 is 0 Å². The summed E-state index contributed by atoms with van der Waals surface area (Å²) in [5.74, 6) is 2.03. The molecule has 5 nitrogen and oxygen atoms in total. The van der Waals surface area contributed by atoms with Crippen molar-refractivity contribution in [1.29, 1.82) is 0 Å². The van der Waals surface area contributed by atoms with Crippen molar-refractivity contribution in [3.8, 4) is 0 Å². The van der Waals surface area contributed by atoms with Gasteiger partial charge in [0.25, 0.3) is 0 Å². The molecule has 0 radical (unpaired) electrons. The van der Waals surface area contributed by atoms with Gasteiger partial charge in [-0.15, -0.1) is 0 Å². The van der Waals surface area contributed by atoms with Gasteiger partial charge in [0.2, 0.25) is 0 Å². The first-order valence-electron chi connectivity index (χ1n) is 12.6. The summed E-state index contributed by atoms with van der Waals surface area (Å²) in [6.07, 6.45) is 6.22. The Morgan fingerprint density at radius 1 is 0.968 bits per heavy atom. The monoisotopic (exact) mass is 434 g/mol. The Bertz CT molecular complexity index is 721. The van der Waals surface area contributed by atoms with E-state index < -0.39 is 12.2 Å². The molecule has 0 spiro atoms. The van der Waals surface area contributed by atoms with Gasteiger partial charge in [-0.3, -0.25) is 9.59 Å². The SMILES string of the molecule is CCC1CCC2C3C(OC(C)=O)C(C)C4CC(O)C(OC(C)=O)CC4(C)C3CCC12C. The van der Waals surface area contributed by atoms with Crippen molar-refractivity contribution < 1.29 is 24.2 Å². The molecule has 0 aromatic rings. The summed E-state index contributed by atoms with van der Waals surface area (Å²) in [4.78, 5) is 23.9. The molecular formula is C26H42O5. The molecule has 11 atom stereocenters. The molecule has 0 aromatic carbocycles. The van der Waals surface area contributed by atoms with Crippen molar-refractivity contribution in [3.63, 3.8) is 0 Å². The van der Waals surface area contributed by atoms with Crippen LogP contribution >= 0.6 is 0 Å². The molecule has 4 saturated carbocycles. The molecule has 0 heterocycles. The standard InChI is InChI=1S/C26H42O5/c1-7-17-8-9-18-23-19(10-11-25(17,18)5)26(6)13-22(30-15(3)27)21(29)12-20(26)14(2)24(23)31-16(4)28/h14,17-24,29H,7-13H2,1-6H3. The summed E-state index contributed by atoms with van der Waals surface area (Å²) >= 11 is 0. The van der Waals surface area contributed by atoms with Crippen molar-refractivity contribution in [2.24, 2.45) is 46.3 Å². The zero-order chi connectivity index (χ0) is 22.7. The lowest BCUT2D eigenvalue weighted by molar-refractivity contribution is -0.229. The van der Waals surface area contributed by atoms with Gasteiger partial charge >= 0.3 is 11.9 Å². The van der Waals surface area contributed by atoms with E-state index in [0.29, 0.717) is 36.0 Å². The van der Waals surface area contributed by atoms with Crippen molar-refractivity contribution in [2.45, 2.75) is 105 Å². The molecule has 4 rings (SSSR count). The van der Waals surface area contributed by atoms with E-state index in [1.807, 2.05) is 0 Å². The van der Waals surface area contributed by atoms with E-state index in [4.69, 9.17) is 9.47 Å². The van der Waals surface area contributed by atoms with E-state index in [-0.39, 0.29) is 35.3 Å². The number of hydrogen-bond acceptors (Lipinski definition) is 5. The van der Waals surface area contributed by atoms with Crippen LogP contribution in [0.15, 0.2) is 0 Å². The summed E-state index contributed by atoms with van der Waals surface area (Å²) in [5.41, 5.74) is 0.298. The van der Waals surface area contributed by atoms with E-state index in [1.54, 1.807) is 0 Å². The van der Waals surface area contributed by atoms with Gasteiger partial charge in [-0.2, -0.15) is 0 Å². The summed E-state index contributed by atoms with van der Waals surface area (Å²) in [6.45, 7) is 12.4. The summed E-state index contributed by atoms with van der Waals surface area (Å²) in [7, 11) is 0. The second-order valence-corrected chi connectivity index (χ2v) is 11.7. The number of fused-ring (bicyclic) bond motifs is 5. The van der Waals surface area contributed by atoms with E-state index in [9.17, 15) is 14.7 Å². The molecule has 31 heavy (non-hydrogen) atoms.